The Hall–Kier alpha value is -3.00. The van der Waals surface area contributed by atoms with E-state index in [0.717, 1.165) is 47.3 Å². The highest BCUT2D eigenvalue weighted by atomic mass is 32.2. The Bertz CT molecular complexity index is 1300. The predicted octanol–water partition coefficient (Wildman–Crippen LogP) is 7.79. The maximum atomic E-state index is 13.4. The van der Waals surface area contributed by atoms with E-state index in [1.165, 1.54) is 4.57 Å². The van der Waals surface area contributed by atoms with Gasteiger partial charge in [0.1, 0.15) is 12.3 Å². The molecule has 2 unspecified atom stereocenters. The molecule has 3 aromatic rings. The van der Waals surface area contributed by atoms with Crippen LogP contribution in [0.5, 0.6) is 5.75 Å². The SMILES string of the molecule is CCC(O)COC.CCCC(CC)Nc1cccc2c1cc(C#CCNc1ccc(SC)cc1OC)n2CC(F)(F)F. The van der Waals surface area contributed by atoms with Crippen LogP contribution in [0.2, 0.25) is 0 Å². The largest absolute Gasteiger partial charge is 0.495 e. The van der Waals surface area contributed by atoms with E-state index in [1.54, 1.807) is 44.2 Å². The molecule has 42 heavy (non-hydrogen) atoms. The molecule has 0 aliphatic heterocycles. The molecule has 0 fully saturated rings. The third kappa shape index (κ3) is 11.0. The lowest BCUT2D eigenvalue weighted by Crippen LogP contribution is -2.19. The van der Waals surface area contributed by atoms with Crippen LogP contribution in [0, 0.1) is 11.8 Å². The summed E-state index contributed by atoms with van der Waals surface area (Å²) in [7, 11) is 3.18. The van der Waals surface area contributed by atoms with E-state index < -0.39 is 12.7 Å². The standard InChI is InChI=1S/C27H32F3N3OS.C5H12O2/c1-5-9-19(6-2)32-23-11-7-12-25-22(23)16-20(33(25)18-27(28,29)30)10-8-15-31-24-14-13-21(35-4)17-26(24)34-3;1-3-5(6)4-7-2/h7,11-14,16-17,19,31-32H,5-6,9,15,18H2,1-4H3;5-6H,3-4H2,1-2H3. The summed E-state index contributed by atoms with van der Waals surface area (Å²) in [6.07, 6.45) is 1.10. The molecule has 3 N–H and O–H groups in total. The fraction of sp³-hybridized carbons (Fsp3) is 0.500. The number of alkyl halides is 3. The third-order valence-electron chi connectivity index (χ3n) is 6.60. The number of halogens is 3. The zero-order chi connectivity index (χ0) is 31.1. The topological polar surface area (TPSA) is 67.7 Å². The van der Waals surface area contributed by atoms with Gasteiger partial charge in [-0.15, -0.1) is 11.8 Å². The van der Waals surface area contributed by atoms with Crippen molar-refractivity contribution in [1.82, 2.24) is 4.57 Å². The zero-order valence-electron chi connectivity index (χ0n) is 25.4. The molecule has 2 atom stereocenters. The second kappa shape index (κ2) is 17.8. The summed E-state index contributed by atoms with van der Waals surface area (Å²) in [5.74, 6) is 6.62. The zero-order valence-corrected chi connectivity index (χ0v) is 26.2. The number of hydrogen-bond acceptors (Lipinski definition) is 6. The monoisotopic (exact) mass is 607 g/mol. The van der Waals surface area contributed by atoms with Crippen LogP contribution in [-0.2, 0) is 11.3 Å². The van der Waals surface area contributed by atoms with Gasteiger partial charge in [0, 0.05) is 29.1 Å². The van der Waals surface area contributed by atoms with Gasteiger partial charge in [0.05, 0.1) is 43.3 Å². The summed E-state index contributed by atoms with van der Waals surface area (Å²) in [6.45, 7) is 5.78. The van der Waals surface area contributed by atoms with E-state index in [-0.39, 0.29) is 18.7 Å². The molecule has 1 aromatic heterocycles. The Labute approximate surface area is 252 Å². The first-order valence-corrected chi connectivity index (χ1v) is 15.4. The first kappa shape index (κ1) is 35.2. The number of hydrogen-bond donors (Lipinski definition) is 3. The smallest absolute Gasteiger partial charge is 0.406 e. The fourth-order valence-electron chi connectivity index (χ4n) is 4.34. The average molecular weight is 608 g/mol. The highest BCUT2D eigenvalue weighted by Crippen LogP contribution is 2.31. The minimum atomic E-state index is -4.36. The van der Waals surface area contributed by atoms with Crippen LogP contribution in [0.3, 0.4) is 0 Å². The van der Waals surface area contributed by atoms with Crippen molar-refractivity contribution >= 4 is 34.0 Å². The molecule has 0 spiro atoms. The van der Waals surface area contributed by atoms with Gasteiger partial charge in [-0.3, -0.25) is 0 Å². The van der Waals surface area contributed by atoms with Crippen LogP contribution in [0.25, 0.3) is 10.9 Å². The first-order valence-electron chi connectivity index (χ1n) is 14.2. The summed E-state index contributed by atoms with van der Waals surface area (Å²) in [6, 6.07) is 13.3. The predicted molar refractivity (Wildman–Crippen MR) is 169 cm³/mol. The Morgan fingerprint density at radius 3 is 2.38 bits per heavy atom. The molecule has 0 aliphatic carbocycles. The van der Waals surface area contributed by atoms with Gasteiger partial charge in [0.2, 0.25) is 0 Å². The minimum Gasteiger partial charge on any atom is -0.495 e. The van der Waals surface area contributed by atoms with Crippen LogP contribution in [0.4, 0.5) is 24.5 Å². The van der Waals surface area contributed by atoms with E-state index in [1.807, 2.05) is 37.4 Å². The molecule has 232 valence electrons. The van der Waals surface area contributed by atoms with Crippen molar-refractivity contribution in [1.29, 1.82) is 0 Å². The van der Waals surface area contributed by atoms with Crippen LogP contribution in [-0.4, -0.2) is 61.6 Å². The van der Waals surface area contributed by atoms with Gasteiger partial charge in [-0.1, -0.05) is 39.2 Å². The van der Waals surface area contributed by atoms with E-state index in [4.69, 9.17) is 9.84 Å². The summed E-state index contributed by atoms with van der Waals surface area (Å²) in [5, 5.41) is 16.2. The van der Waals surface area contributed by atoms with Gasteiger partial charge in [-0.05, 0) is 67.8 Å². The number of nitrogens with zero attached hydrogens (tertiary/aromatic N) is 1. The number of ether oxygens (including phenoxy) is 2. The maximum absolute atomic E-state index is 13.4. The van der Waals surface area contributed by atoms with Crippen molar-refractivity contribution in [2.75, 3.05) is 44.3 Å². The number of thioether (sulfide) groups is 1. The Morgan fingerprint density at radius 2 is 1.81 bits per heavy atom. The highest BCUT2D eigenvalue weighted by molar-refractivity contribution is 7.98. The number of aromatic nitrogens is 1. The molecule has 0 saturated heterocycles. The van der Waals surface area contributed by atoms with Crippen molar-refractivity contribution in [3.63, 3.8) is 0 Å². The number of aliphatic hydroxyl groups excluding tert-OH is 1. The number of benzene rings is 2. The van der Waals surface area contributed by atoms with Crippen LogP contribution in [0.1, 0.15) is 52.1 Å². The molecule has 0 amide bonds. The minimum absolute atomic E-state index is 0.266. The van der Waals surface area contributed by atoms with Crippen molar-refractivity contribution in [2.24, 2.45) is 0 Å². The van der Waals surface area contributed by atoms with Crippen LogP contribution < -0.4 is 15.4 Å². The molecule has 3 rings (SSSR count). The van der Waals surface area contributed by atoms with Crippen LogP contribution in [0.15, 0.2) is 47.4 Å². The third-order valence-corrected chi connectivity index (χ3v) is 7.32. The van der Waals surface area contributed by atoms with Gasteiger partial charge < -0.3 is 29.8 Å². The molecular formula is C32H44F3N3O3S. The normalized spacial score (nSPS) is 12.5. The lowest BCUT2D eigenvalue weighted by Gasteiger charge is -2.18. The van der Waals surface area contributed by atoms with Gasteiger partial charge in [0.15, 0.2) is 0 Å². The van der Waals surface area contributed by atoms with Crippen molar-refractivity contribution in [3.05, 3.63) is 48.2 Å². The molecule has 6 nitrogen and oxygen atoms in total. The molecule has 1 heterocycles. The van der Waals surface area contributed by atoms with Gasteiger partial charge in [-0.25, -0.2) is 0 Å². The lowest BCUT2D eigenvalue weighted by atomic mass is 10.1. The number of rotatable bonds is 13. The second-order valence-electron chi connectivity index (χ2n) is 9.75. The molecule has 2 aromatic carbocycles. The van der Waals surface area contributed by atoms with Gasteiger partial charge in [-0.2, -0.15) is 13.2 Å². The van der Waals surface area contributed by atoms with Crippen molar-refractivity contribution in [2.45, 2.75) is 76.2 Å². The average Bonchev–Trinajstić information content (AvgIpc) is 3.31. The van der Waals surface area contributed by atoms with E-state index >= 15 is 0 Å². The van der Waals surface area contributed by atoms with E-state index in [2.05, 4.69) is 41.1 Å². The van der Waals surface area contributed by atoms with E-state index in [9.17, 15) is 13.2 Å². The van der Waals surface area contributed by atoms with Crippen molar-refractivity contribution < 1.29 is 27.8 Å². The number of aliphatic hydroxyl groups is 1. The molecule has 0 bridgehead atoms. The quantitative estimate of drug-likeness (QED) is 0.136. The fourth-order valence-corrected chi connectivity index (χ4v) is 4.77. The summed E-state index contributed by atoms with van der Waals surface area (Å²) in [5.41, 5.74) is 2.47. The summed E-state index contributed by atoms with van der Waals surface area (Å²) < 4.78 is 51.6. The van der Waals surface area contributed by atoms with Gasteiger partial charge in [0.25, 0.3) is 0 Å². The van der Waals surface area contributed by atoms with Crippen LogP contribution >= 0.6 is 11.8 Å². The molecule has 0 radical (unpaired) electrons. The number of fused-ring (bicyclic) bond motifs is 1. The van der Waals surface area contributed by atoms with E-state index in [0.29, 0.717) is 23.6 Å². The molecule has 0 saturated carbocycles. The Kier molecular flexibility index (Phi) is 15.0. The number of nitrogens with one attached hydrogen (secondary N) is 2. The highest BCUT2D eigenvalue weighted by Gasteiger charge is 2.30. The maximum Gasteiger partial charge on any atom is 0.406 e. The molecule has 10 heteroatoms. The summed E-state index contributed by atoms with van der Waals surface area (Å²) in [4.78, 5) is 1.07. The molecular weight excluding hydrogens is 563 g/mol. The number of anilines is 2. The summed E-state index contributed by atoms with van der Waals surface area (Å²) >= 11 is 1.61. The Balaban J connectivity index is 0.000000782. The molecule has 0 aliphatic rings. The Morgan fingerprint density at radius 1 is 1.05 bits per heavy atom. The van der Waals surface area contributed by atoms with Gasteiger partial charge >= 0.3 is 6.18 Å². The second-order valence-corrected chi connectivity index (χ2v) is 10.6. The lowest BCUT2D eigenvalue weighted by molar-refractivity contribution is -0.140. The first-order chi connectivity index (χ1) is 20.1. The van der Waals surface area contributed by atoms with Crippen molar-refractivity contribution in [3.8, 4) is 17.6 Å². The number of methoxy groups -OCH3 is 2.